The smallest absolute Gasteiger partial charge is 0.325 e. The van der Waals surface area contributed by atoms with Gasteiger partial charge in [0.2, 0.25) is 5.91 Å². The molecule has 1 saturated heterocycles. The number of imide groups is 1. The summed E-state index contributed by atoms with van der Waals surface area (Å²) in [5.74, 6) is -0.469. The van der Waals surface area contributed by atoms with E-state index in [1.165, 1.54) is 0 Å². The van der Waals surface area contributed by atoms with Crippen LogP contribution < -0.4 is 10.6 Å². The predicted octanol–water partition coefficient (Wildman–Crippen LogP) is 2.06. The molecular formula is C18H24N6O3. The van der Waals surface area contributed by atoms with E-state index in [-0.39, 0.29) is 30.8 Å². The molecule has 4 amide bonds. The summed E-state index contributed by atoms with van der Waals surface area (Å²) in [6.07, 6.45) is 3.90. The Hall–Kier alpha value is -2.97. The number of urea groups is 1. The molecule has 1 aliphatic rings. The third-order valence-electron chi connectivity index (χ3n) is 4.44. The first-order chi connectivity index (χ1) is 12.7. The van der Waals surface area contributed by atoms with E-state index in [0.717, 1.165) is 15.9 Å². The van der Waals surface area contributed by atoms with Crippen molar-refractivity contribution in [3.8, 4) is 0 Å². The van der Waals surface area contributed by atoms with E-state index in [1.54, 1.807) is 26.2 Å². The first-order valence-corrected chi connectivity index (χ1v) is 8.96. The molecule has 0 atom stereocenters. The summed E-state index contributed by atoms with van der Waals surface area (Å²) in [6, 6.07) is 1.61. The van der Waals surface area contributed by atoms with Crippen LogP contribution in [0.25, 0.3) is 11.0 Å². The van der Waals surface area contributed by atoms with Crippen molar-refractivity contribution < 1.29 is 14.4 Å². The highest BCUT2D eigenvalue weighted by atomic mass is 16.2. The number of aromatic nitrogens is 3. The molecule has 144 valence electrons. The first kappa shape index (κ1) is 18.8. The number of amides is 4. The molecule has 0 aliphatic carbocycles. The summed E-state index contributed by atoms with van der Waals surface area (Å²) in [5, 5.41) is 10.6. The van der Waals surface area contributed by atoms with Gasteiger partial charge in [0.05, 0.1) is 18.1 Å². The zero-order valence-corrected chi connectivity index (χ0v) is 15.9. The highest BCUT2D eigenvalue weighted by Gasteiger charge is 2.43. The van der Waals surface area contributed by atoms with Crippen LogP contribution in [-0.4, -0.2) is 49.6 Å². The molecule has 2 N–H and O–H groups in total. The molecule has 1 fully saturated rings. The molecule has 0 saturated carbocycles. The summed E-state index contributed by atoms with van der Waals surface area (Å²) in [7, 11) is 0. The molecule has 2 aromatic heterocycles. The molecule has 0 spiro atoms. The summed E-state index contributed by atoms with van der Waals surface area (Å²) >= 11 is 0. The van der Waals surface area contributed by atoms with Gasteiger partial charge in [0, 0.05) is 24.4 Å². The topological polar surface area (TPSA) is 109 Å². The number of anilines is 1. The van der Waals surface area contributed by atoms with E-state index in [2.05, 4.69) is 20.7 Å². The van der Waals surface area contributed by atoms with E-state index in [9.17, 15) is 14.4 Å². The number of pyridine rings is 1. The van der Waals surface area contributed by atoms with Crippen LogP contribution in [0.1, 0.15) is 46.6 Å². The molecule has 9 heteroatoms. The predicted molar refractivity (Wildman–Crippen MR) is 100 cm³/mol. The van der Waals surface area contributed by atoms with Crippen LogP contribution in [0.3, 0.4) is 0 Å². The minimum atomic E-state index is -0.888. The van der Waals surface area contributed by atoms with Gasteiger partial charge in [0.15, 0.2) is 5.65 Å². The molecule has 3 rings (SSSR count). The zero-order valence-electron chi connectivity index (χ0n) is 15.9. The highest BCUT2D eigenvalue weighted by Crippen LogP contribution is 2.20. The molecule has 1 aliphatic heterocycles. The Morgan fingerprint density at radius 1 is 1.30 bits per heavy atom. The largest absolute Gasteiger partial charge is 0.325 e. The fraction of sp³-hybridized carbons (Fsp3) is 0.500. The minimum absolute atomic E-state index is 0.195. The lowest BCUT2D eigenvalue weighted by molar-refractivity contribution is -0.130. The summed E-state index contributed by atoms with van der Waals surface area (Å²) < 4.78 is 1.82. The van der Waals surface area contributed by atoms with E-state index in [4.69, 9.17) is 0 Å². The van der Waals surface area contributed by atoms with Crippen LogP contribution in [0, 0.1) is 0 Å². The lowest BCUT2D eigenvalue weighted by Crippen LogP contribution is -2.40. The lowest BCUT2D eigenvalue weighted by atomic mass is 10.1. The van der Waals surface area contributed by atoms with Gasteiger partial charge in [-0.05, 0) is 40.2 Å². The fourth-order valence-corrected chi connectivity index (χ4v) is 3.03. The molecule has 3 heterocycles. The van der Waals surface area contributed by atoms with Gasteiger partial charge in [0.1, 0.15) is 5.54 Å². The monoisotopic (exact) mass is 372 g/mol. The van der Waals surface area contributed by atoms with Crippen LogP contribution in [0.4, 0.5) is 10.5 Å². The van der Waals surface area contributed by atoms with Crippen LogP contribution in [0.5, 0.6) is 0 Å². The Labute approximate surface area is 157 Å². The Kier molecular flexibility index (Phi) is 4.86. The second-order valence-electron chi connectivity index (χ2n) is 7.48. The molecule has 0 aromatic carbocycles. The number of carbonyl (C=O) groups excluding carboxylic acids is 3. The minimum Gasteiger partial charge on any atom is -0.325 e. The summed E-state index contributed by atoms with van der Waals surface area (Å²) in [4.78, 5) is 41.6. The average Bonchev–Trinajstić information content (AvgIpc) is 3.08. The molecule has 0 bridgehead atoms. The van der Waals surface area contributed by atoms with Gasteiger partial charge in [-0.1, -0.05) is 0 Å². The standard InChI is InChI=1S/C18H24N6O3/c1-11(2)24-15-12(9-20-24)8-13(10-19-15)21-14(25)6-5-7-23-16(26)18(3,4)22-17(23)27/h8-11H,5-7H2,1-4H3,(H,21,25)(H,22,27). The van der Waals surface area contributed by atoms with Crippen molar-refractivity contribution in [3.05, 3.63) is 18.5 Å². The number of nitrogens with one attached hydrogen (secondary N) is 2. The number of hydrogen-bond acceptors (Lipinski definition) is 5. The summed E-state index contributed by atoms with van der Waals surface area (Å²) in [6.45, 7) is 7.57. The second kappa shape index (κ2) is 6.98. The van der Waals surface area contributed by atoms with Gasteiger partial charge in [-0.2, -0.15) is 5.10 Å². The number of fused-ring (bicyclic) bond motifs is 1. The van der Waals surface area contributed by atoms with Crippen molar-refractivity contribution in [2.24, 2.45) is 0 Å². The average molecular weight is 372 g/mol. The van der Waals surface area contributed by atoms with Crippen molar-refractivity contribution in [2.45, 2.75) is 52.1 Å². The van der Waals surface area contributed by atoms with Crippen molar-refractivity contribution in [2.75, 3.05) is 11.9 Å². The van der Waals surface area contributed by atoms with Crippen LogP contribution in [0.2, 0.25) is 0 Å². The van der Waals surface area contributed by atoms with Crippen molar-refractivity contribution in [1.29, 1.82) is 0 Å². The van der Waals surface area contributed by atoms with Gasteiger partial charge < -0.3 is 10.6 Å². The van der Waals surface area contributed by atoms with Crippen molar-refractivity contribution in [3.63, 3.8) is 0 Å². The Morgan fingerprint density at radius 3 is 2.67 bits per heavy atom. The first-order valence-electron chi connectivity index (χ1n) is 8.96. The van der Waals surface area contributed by atoms with Gasteiger partial charge in [0.25, 0.3) is 5.91 Å². The van der Waals surface area contributed by atoms with Gasteiger partial charge in [-0.3, -0.25) is 14.5 Å². The number of hydrogen-bond donors (Lipinski definition) is 2. The molecule has 2 aromatic rings. The number of carbonyl (C=O) groups is 3. The van der Waals surface area contributed by atoms with E-state index in [1.807, 2.05) is 24.6 Å². The molecular weight excluding hydrogens is 348 g/mol. The van der Waals surface area contributed by atoms with Crippen LogP contribution in [-0.2, 0) is 9.59 Å². The molecule has 0 unspecified atom stereocenters. The molecule has 27 heavy (non-hydrogen) atoms. The number of nitrogens with zero attached hydrogens (tertiary/aromatic N) is 4. The Morgan fingerprint density at radius 2 is 2.04 bits per heavy atom. The Balaban J connectivity index is 1.55. The third kappa shape index (κ3) is 3.76. The highest BCUT2D eigenvalue weighted by molar-refractivity contribution is 6.06. The van der Waals surface area contributed by atoms with E-state index >= 15 is 0 Å². The quantitative estimate of drug-likeness (QED) is 0.755. The maximum absolute atomic E-state index is 12.2. The third-order valence-corrected chi connectivity index (χ3v) is 4.44. The fourth-order valence-electron chi connectivity index (χ4n) is 3.03. The van der Waals surface area contributed by atoms with Gasteiger partial charge >= 0.3 is 6.03 Å². The van der Waals surface area contributed by atoms with Crippen molar-refractivity contribution >= 4 is 34.6 Å². The van der Waals surface area contributed by atoms with Crippen LogP contribution in [0.15, 0.2) is 18.5 Å². The Bertz CT molecular complexity index is 902. The molecule has 0 radical (unpaired) electrons. The maximum Gasteiger partial charge on any atom is 0.325 e. The molecule has 9 nitrogen and oxygen atoms in total. The number of rotatable bonds is 6. The summed E-state index contributed by atoms with van der Waals surface area (Å²) in [5.41, 5.74) is 0.469. The second-order valence-corrected chi connectivity index (χ2v) is 7.48. The van der Waals surface area contributed by atoms with Gasteiger partial charge in [-0.25, -0.2) is 14.5 Å². The van der Waals surface area contributed by atoms with Crippen molar-refractivity contribution in [1.82, 2.24) is 25.0 Å². The normalized spacial score (nSPS) is 16.3. The SMILES string of the molecule is CC(C)n1ncc2cc(NC(=O)CCCN3C(=O)NC(C)(C)C3=O)cnc21. The van der Waals surface area contributed by atoms with E-state index < -0.39 is 11.6 Å². The van der Waals surface area contributed by atoms with Crippen LogP contribution >= 0.6 is 0 Å². The van der Waals surface area contributed by atoms with Gasteiger partial charge in [-0.15, -0.1) is 0 Å². The zero-order chi connectivity index (χ0) is 19.8. The van der Waals surface area contributed by atoms with E-state index in [0.29, 0.717) is 12.1 Å². The lowest BCUT2D eigenvalue weighted by Gasteiger charge is -2.15. The maximum atomic E-state index is 12.2.